The van der Waals surface area contributed by atoms with Crippen LogP contribution in [0.4, 0.5) is 0 Å². The van der Waals surface area contributed by atoms with Gasteiger partial charge in [-0.3, -0.25) is 4.79 Å². The number of nitrogens with zero attached hydrogens (tertiary/aromatic N) is 2. The first kappa shape index (κ1) is 21.8. The van der Waals surface area contributed by atoms with E-state index in [0.717, 1.165) is 36.6 Å². The van der Waals surface area contributed by atoms with Gasteiger partial charge >= 0.3 is 0 Å². The molecule has 2 heterocycles. The molecule has 2 aliphatic heterocycles. The lowest BCUT2D eigenvalue weighted by atomic mass is 9.75. The van der Waals surface area contributed by atoms with Crippen LogP contribution in [0.3, 0.4) is 0 Å². The molecule has 1 aliphatic carbocycles. The van der Waals surface area contributed by atoms with Gasteiger partial charge in [0.15, 0.2) is 6.54 Å². The molecule has 1 amide bonds. The largest absolute Gasteiger partial charge is 0.338 e. The number of aryl methyl sites for hydroxylation is 2. The maximum Gasteiger partial charge on any atom is 0.277 e. The number of piperazine rings is 1. The number of hydrogen-bond donors (Lipinski definition) is 1. The van der Waals surface area contributed by atoms with Crippen LogP contribution in [0.1, 0.15) is 43.2 Å². The zero-order valence-corrected chi connectivity index (χ0v) is 19.2. The van der Waals surface area contributed by atoms with Crippen molar-refractivity contribution in [2.24, 2.45) is 11.8 Å². The lowest BCUT2D eigenvalue weighted by Crippen LogP contribution is -3.15. The fourth-order valence-electron chi connectivity index (χ4n) is 5.50. The van der Waals surface area contributed by atoms with E-state index in [9.17, 15) is 13.2 Å². The van der Waals surface area contributed by atoms with Crippen LogP contribution >= 0.6 is 0 Å². The van der Waals surface area contributed by atoms with Gasteiger partial charge in [-0.15, -0.1) is 0 Å². The third kappa shape index (κ3) is 4.58. The number of amides is 1. The minimum atomic E-state index is -3.48. The zero-order valence-electron chi connectivity index (χ0n) is 18.4. The number of likely N-dealkylation sites (tertiary alicyclic amines) is 1. The molecule has 3 aliphatic rings. The van der Waals surface area contributed by atoms with E-state index < -0.39 is 10.0 Å². The summed E-state index contributed by atoms with van der Waals surface area (Å²) in [6.45, 7) is 8.43. The Morgan fingerprint density at radius 1 is 1.03 bits per heavy atom. The van der Waals surface area contributed by atoms with E-state index >= 15 is 0 Å². The second-order valence-corrected chi connectivity index (χ2v) is 11.4. The van der Waals surface area contributed by atoms with Crippen LogP contribution in [-0.2, 0) is 14.8 Å². The van der Waals surface area contributed by atoms with E-state index in [0.29, 0.717) is 43.5 Å². The van der Waals surface area contributed by atoms with Gasteiger partial charge < -0.3 is 9.80 Å². The molecule has 0 bridgehead atoms. The lowest BCUT2D eigenvalue weighted by Gasteiger charge is -2.41. The molecule has 0 unspecified atom stereocenters. The van der Waals surface area contributed by atoms with Crippen molar-refractivity contribution in [1.82, 2.24) is 9.21 Å². The van der Waals surface area contributed by atoms with Gasteiger partial charge in [-0.1, -0.05) is 31.4 Å². The Hall–Kier alpha value is -1.44. The molecule has 0 aromatic heterocycles. The molecule has 30 heavy (non-hydrogen) atoms. The standard InChI is InChI=1S/C23H35N3O3S/c1-18-7-8-19(2)22(15-18)30(28,29)26-13-11-24(12-14-26)17-23(27)25-10-9-20-5-3-4-6-21(20)16-25/h7-8,15,20-21H,3-6,9-14,16-17H2,1-2H3/p+1/t20-,21-/m1/s1. The summed E-state index contributed by atoms with van der Waals surface area (Å²) in [4.78, 5) is 16.6. The minimum absolute atomic E-state index is 0.250. The maximum atomic E-state index is 13.1. The first-order valence-electron chi connectivity index (χ1n) is 11.5. The van der Waals surface area contributed by atoms with E-state index in [1.807, 2.05) is 26.0 Å². The molecule has 1 aromatic carbocycles. The first-order chi connectivity index (χ1) is 14.3. The lowest BCUT2D eigenvalue weighted by molar-refractivity contribution is -0.896. The van der Waals surface area contributed by atoms with Crippen LogP contribution < -0.4 is 4.90 Å². The van der Waals surface area contributed by atoms with Crippen molar-refractivity contribution < 1.29 is 18.1 Å². The Bertz CT molecular complexity index is 878. The number of quaternary nitrogens is 1. The van der Waals surface area contributed by atoms with Gasteiger partial charge in [0.1, 0.15) is 0 Å². The Morgan fingerprint density at radius 3 is 2.47 bits per heavy atom. The fraction of sp³-hybridized carbons (Fsp3) is 0.696. The molecule has 166 valence electrons. The van der Waals surface area contributed by atoms with E-state index in [1.54, 1.807) is 10.4 Å². The van der Waals surface area contributed by atoms with Crippen molar-refractivity contribution in [3.8, 4) is 0 Å². The number of hydrogen-bond acceptors (Lipinski definition) is 3. The summed E-state index contributed by atoms with van der Waals surface area (Å²) in [6.07, 6.45) is 6.44. The molecule has 1 N–H and O–H groups in total. The molecule has 2 saturated heterocycles. The molecular formula is C23H36N3O3S+. The highest BCUT2D eigenvalue weighted by molar-refractivity contribution is 7.89. The fourth-order valence-corrected chi connectivity index (χ4v) is 7.25. The SMILES string of the molecule is Cc1ccc(C)c(S(=O)(=O)N2CC[NH+](CC(=O)N3CC[C@H]4CCCC[C@@H]4C3)CC2)c1. The number of carbonyl (C=O) groups excluding carboxylic acids is 1. The van der Waals surface area contributed by atoms with Gasteiger partial charge in [-0.25, -0.2) is 8.42 Å². The number of rotatable bonds is 4. The molecule has 1 saturated carbocycles. The molecule has 6 nitrogen and oxygen atoms in total. The second-order valence-electron chi connectivity index (χ2n) is 9.53. The molecule has 0 spiro atoms. The average molecular weight is 435 g/mol. The number of piperidine rings is 1. The van der Waals surface area contributed by atoms with Gasteiger partial charge in [0.25, 0.3) is 5.91 Å². The quantitative estimate of drug-likeness (QED) is 0.775. The average Bonchev–Trinajstić information content (AvgIpc) is 2.75. The van der Waals surface area contributed by atoms with Gasteiger partial charge in [-0.05, 0) is 55.7 Å². The van der Waals surface area contributed by atoms with Gasteiger partial charge in [0.05, 0.1) is 31.1 Å². The summed E-state index contributed by atoms with van der Waals surface area (Å²) in [7, 11) is -3.48. The highest BCUT2D eigenvalue weighted by atomic mass is 32.2. The number of carbonyl (C=O) groups is 1. The summed E-state index contributed by atoms with van der Waals surface area (Å²) in [5, 5.41) is 0. The Kier molecular flexibility index (Phi) is 6.51. The Balaban J connectivity index is 1.31. The summed E-state index contributed by atoms with van der Waals surface area (Å²) < 4.78 is 27.8. The minimum Gasteiger partial charge on any atom is -0.338 e. The molecule has 3 fully saturated rings. The predicted molar refractivity (Wildman–Crippen MR) is 117 cm³/mol. The summed E-state index contributed by atoms with van der Waals surface area (Å²) in [5.41, 5.74) is 1.74. The summed E-state index contributed by atoms with van der Waals surface area (Å²) in [6, 6.07) is 5.58. The zero-order chi connectivity index (χ0) is 21.3. The van der Waals surface area contributed by atoms with Crippen LogP contribution in [0.15, 0.2) is 23.1 Å². The van der Waals surface area contributed by atoms with Gasteiger partial charge in [-0.2, -0.15) is 4.31 Å². The van der Waals surface area contributed by atoms with Gasteiger partial charge in [0.2, 0.25) is 10.0 Å². The number of sulfonamides is 1. The molecule has 7 heteroatoms. The van der Waals surface area contributed by atoms with Crippen molar-refractivity contribution in [3.05, 3.63) is 29.3 Å². The van der Waals surface area contributed by atoms with Crippen molar-refractivity contribution in [3.63, 3.8) is 0 Å². The van der Waals surface area contributed by atoms with Crippen LogP contribution in [0.25, 0.3) is 0 Å². The van der Waals surface area contributed by atoms with Crippen LogP contribution in [-0.4, -0.2) is 69.3 Å². The summed E-state index contributed by atoms with van der Waals surface area (Å²) in [5.74, 6) is 1.78. The van der Waals surface area contributed by atoms with E-state index in [-0.39, 0.29) is 5.91 Å². The van der Waals surface area contributed by atoms with Crippen molar-refractivity contribution >= 4 is 15.9 Å². The third-order valence-electron chi connectivity index (χ3n) is 7.44. The van der Waals surface area contributed by atoms with E-state index in [4.69, 9.17) is 0 Å². The Morgan fingerprint density at radius 2 is 1.73 bits per heavy atom. The van der Waals surface area contributed by atoms with Crippen LogP contribution in [0.5, 0.6) is 0 Å². The van der Waals surface area contributed by atoms with E-state index in [1.165, 1.54) is 30.6 Å². The Labute approximate surface area is 181 Å². The molecular weight excluding hydrogens is 398 g/mol. The predicted octanol–water partition coefficient (Wildman–Crippen LogP) is 1.23. The molecule has 0 radical (unpaired) electrons. The monoisotopic (exact) mass is 434 g/mol. The normalized spacial score (nSPS) is 26.4. The van der Waals surface area contributed by atoms with Gasteiger partial charge in [0, 0.05) is 13.1 Å². The third-order valence-corrected chi connectivity index (χ3v) is 9.48. The number of fused-ring (bicyclic) bond motifs is 1. The van der Waals surface area contributed by atoms with Crippen molar-refractivity contribution in [1.29, 1.82) is 0 Å². The van der Waals surface area contributed by atoms with Crippen molar-refractivity contribution in [2.45, 2.75) is 50.8 Å². The second kappa shape index (κ2) is 8.97. The molecule has 2 atom stereocenters. The smallest absolute Gasteiger partial charge is 0.277 e. The topological polar surface area (TPSA) is 62.1 Å². The molecule has 1 aromatic rings. The van der Waals surface area contributed by atoms with Crippen LogP contribution in [0.2, 0.25) is 0 Å². The molecule has 4 rings (SSSR count). The summed E-state index contributed by atoms with van der Waals surface area (Å²) >= 11 is 0. The van der Waals surface area contributed by atoms with E-state index in [2.05, 4.69) is 4.90 Å². The number of nitrogens with one attached hydrogen (secondary N) is 1. The first-order valence-corrected chi connectivity index (χ1v) is 13.0. The highest BCUT2D eigenvalue weighted by Crippen LogP contribution is 2.35. The highest BCUT2D eigenvalue weighted by Gasteiger charge is 2.36. The van der Waals surface area contributed by atoms with Crippen molar-refractivity contribution in [2.75, 3.05) is 45.8 Å². The number of benzene rings is 1. The van der Waals surface area contributed by atoms with Crippen LogP contribution in [0, 0.1) is 25.7 Å². The maximum absolute atomic E-state index is 13.1.